The third kappa shape index (κ3) is 5.02. The summed E-state index contributed by atoms with van der Waals surface area (Å²) >= 11 is 7.14. The zero-order valence-electron chi connectivity index (χ0n) is 21.1. The van der Waals surface area contributed by atoms with E-state index in [1.54, 1.807) is 60.1 Å². The number of thiophene rings is 1. The summed E-state index contributed by atoms with van der Waals surface area (Å²) in [4.78, 5) is 44.3. The van der Waals surface area contributed by atoms with Gasteiger partial charge >= 0.3 is 0 Å². The highest BCUT2D eigenvalue weighted by atomic mass is 32.1. The number of hydrazine groups is 1. The number of nitrogens with zero attached hydrogens (tertiary/aromatic N) is 2. The summed E-state index contributed by atoms with van der Waals surface area (Å²) in [5, 5.41) is 8.39. The predicted molar refractivity (Wildman–Crippen MR) is 159 cm³/mol. The van der Waals surface area contributed by atoms with Crippen molar-refractivity contribution in [3.8, 4) is 0 Å². The summed E-state index contributed by atoms with van der Waals surface area (Å²) in [5.41, 5.74) is 7.72. The zero-order valence-corrected chi connectivity index (χ0v) is 22.7. The van der Waals surface area contributed by atoms with E-state index in [-0.39, 0.29) is 29.4 Å². The fourth-order valence-electron chi connectivity index (χ4n) is 4.87. The van der Waals surface area contributed by atoms with Gasteiger partial charge in [0.15, 0.2) is 5.11 Å². The van der Waals surface area contributed by atoms with E-state index in [1.807, 2.05) is 24.3 Å². The number of amides is 3. The first-order valence-electron chi connectivity index (χ1n) is 12.6. The molecule has 3 amide bonds. The maximum absolute atomic E-state index is 13.1. The third-order valence-corrected chi connectivity index (χ3v) is 8.07. The average Bonchev–Trinajstić information content (AvgIpc) is 3.50. The van der Waals surface area contributed by atoms with Crippen LogP contribution in [0, 0.1) is 0 Å². The standard InChI is InChI=1S/C30H23N5O3S2/c36-27(19-9-10-20-15-31-12-11-18(20)13-19)33-34-30(39)32-22(14-21-17-40-26-8-4-3-5-23(21)26)16-35-28(37)24-6-1-2-7-25(24)29(35)38/h1-13,15,17,22H,14,16H2,(H,33,36)(H2,32,34,39)/t22-/m1/s1. The number of carbonyl (C=O) groups excluding carboxylic acids is 3. The number of aromatic nitrogens is 1. The van der Waals surface area contributed by atoms with Crippen molar-refractivity contribution in [1.82, 2.24) is 26.1 Å². The fourth-order valence-corrected chi connectivity index (χ4v) is 6.07. The monoisotopic (exact) mass is 565 g/mol. The maximum atomic E-state index is 13.1. The van der Waals surface area contributed by atoms with Crippen LogP contribution in [0.3, 0.4) is 0 Å². The van der Waals surface area contributed by atoms with Crippen LogP contribution in [0.1, 0.15) is 36.6 Å². The molecule has 6 rings (SSSR count). The summed E-state index contributed by atoms with van der Waals surface area (Å²) in [7, 11) is 0. The van der Waals surface area contributed by atoms with Crippen molar-refractivity contribution in [2.75, 3.05) is 6.54 Å². The van der Waals surface area contributed by atoms with Crippen molar-refractivity contribution in [2.24, 2.45) is 0 Å². The van der Waals surface area contributed by atoms with Gasteiger partial charge in [-0.25, -0.2) is 0 Å². The van der Waals surface area contributed by atoms with Crippen LogP contribution < -0.4 is 16.2 Å². The molecule has 0 saturated heterocycles. The Morgan fingerprint density at radius 1 is 0.925 bits per heavy atom. The molecule has 1 aliphatic heterocycles. The van der Waals surface area contributed by atoms with E-state index in [0.29, 0.717) is 23.1 Å². The molecule has 10 heteroatoms. The first-order chi connectivity index (χ1) is 19.5. The second-order valence-electron chi connectivity index (χ2n) is 9.41. The molecule has 40 heavy (non-hydrogen) atoms. The van der Waals surface area contributed by atoms with Crippen LogP contribution in [0.4, 0.5) is 0 Å². The number of fused-ring (bicyclic) bond motifs is 3. The highest BCUT2D eigenvalue weighted by molar-refractivity contribution is 7.80. The van der Waals surface area contributed by atoms with Crippen molar-refractivity contribution in [3.63, 3.8) is 0 Å². The van der Waals surface area contributed by atoms with E-state index in [2.05, 4.69) is 38.7 Å². The maximum Gasteiger partial charge on any atom is 0.269 e. The van der Waals surface area contributed by atoms with Gasteiger partial charge in [-0.1, -0.05) is 36.4 Å². The lowest BCUT2D eigenvalue weighted by atomic mass is 10.0. The van der Waals surface area contributed by atoms with Crippen LogP contribution in [0.25, 0.3) is 20.9 Å². The molecule has 3 aromatic carbocycles. The molecule has 8 nitrogen and oxygen atoms in total. The Balaban J connectivity index is 1.18. The quantitative estimate of drug-likeness (QED) is 0.159. The van der Waals surface area contributed by atoms with Gasteiger partial charge < -0.3 is 5.32 Å². The Bertz CT molecular complexity index is 1770. The smallest absolute Gasteiger partial charge is 0.269 e. The average molecular weight is 566 g/mol. The number of hydrogen-bond acceptors (Lipinski definition) is 6. The van der Waals surface area contributed by atoms with Gasteiger partial charge in [0.05, 0.1) is 17.2 Å². The van der Waals surface area contributed by atoms with Crippen molar-refractivity contribution < 1.29 is 14.4 Å². The van der Waals surface area contributed by atoms with Gasteiger partial charge in [-0.3, -0.25) is 35.1 Å². The summed E-state index contributed by atoms with van der Waals surface area (Å²) in [6.07, 6.45) is 3.91. The van der Waals surface area contributed by atoms with Crippen molar-refractivity contribution in [2.45, 2.75) is 12.5 Å². The largest absolute Gasteiger partial charge is 0.356 e. The summed E-state index contributed by atoms with van der Waals surface area (Å²) in [5.74, 6) is -1.02. The minimum absolute atomic E-state index is 0.102. The van der Waals surface area contributed by atoms with Crippen LogP contribution in [0.2, 0.25) is 0 Å². The summed E-state index contributed by atoms with van der Waals surface area (Å²) < 4.78 is 1.15. The van der Waals surface area contributed by atoms with Gasteiger partial charge in [-0.05, 0) is 76.8 Å². The van der Waals surface area contributed by atoms with Crippen LogP contribution in [0.15, 0.2) is 90.6 Å². The van der Waals surface area contributed by atoms with Crippen molar-refractivity contribution in [3.05, 3.63) is 113 Å². The molecule has 0 unspecified atom stereocenters. The molecule has 3 heterocycles. The molecular weight excluding hydrogens is 542 g/mol. The van der Waals surface area contributed by atoms with E-state index in [4.69, 9.17) is 12.2 Å². The van der Waals surface area contributed by atoms with Crippen LogP contribution in [-0.2, 0) is 6.42 Å². The molecule has 5 aromatic rings. The van der Waals surface area contributed by atoms with Crippen LogP contribution >= 0.6 is 23.6 Å². The summed E-state index contributed by atoms with van der Waals surface area (Å²) in [6, 6.07) is 21.6. The number of rotatable bonds is 6. The first kappa shape index (κ1) is 25.6. The Hall–Kier alpha value is -4.67. The van der Waals surface area contributed by atoms with Gasteiger partial charge in [0, 0.05) is 34.6 Å². The minimum Gasteiger partial charge on any atom is -0.356 e. The van der Waals surface area contributed by atoms with Gasteiger partial charge in [0.2, 0.25) is 0 Å². The minimum atomic E-state index is -0.412. The third-order valence-electron chi connectivity index (χ3n) is 6.84. The van der Waals surface area contributed by atoms with Crippen molar-refractivity contribution >= 4 is 67.2 Å². The van der Waals surface area contributed by atoms with Crippen molar-refractivity contribution in [1.29, 1.82) is 0 Å². The molecular formula is C30H23N5O3S2. The fraction of sp³-hybridized carbons (Fsp3) is 0.100. The lowest BCUT2D eigenvalue weighted by molar-refractivity contribution is 0.0641. The van der Waals surface area contributed by atoms with E-state index in [1.165, 1.54) is 4.90 Å². The van der Waals surface area contributed by atoms with E-state index < -0.39 is 6.04 Å². The van der Waals surface area contributed by atoms with Crippen LogP contribution in [-0.4, -0.2) is 45.3 Å². The Kier molecular flexibility index (Phi) is 6.93. The molecule has 0 radical (unpaired) electrons. The van der Waals surface area contributed by atoms with Gasteiger partial charge in [0.25, 0.3) is 17.7 Å². The molecule has 1 atom stereocenters. The molecule has 3 N–H and O–H groups in total. The van der Waals surface area contributed by atoms with Gasteiger partial charge in [-0.15, -0.1) is 11.3 Å². The molecule has 0 bridgehead atoms. The molecule has 198 valence electrons. The molecule has 0 fully saturated rings. The zero-order chi connectivity index (χ0) is 27.6. The number of carbonyl (C=O) groups is 3. The highest BCUT2D eigenvalue weighted by Crippen LogP contribution is 2.28. The molecule has 0 saturated carbocycles. The number of imide groups is 1. The number of thiocarbonyl (C=S) groups is 1. The molecule has 1 aliphatic rings. The SMILES string of the molecule is O=C(NNC(=S)N[C@H](Cc1csc2ccccc12)CN1C(=O)c2ccccc2C1=O)c1ccc2cnccc2c1. The highest BCUT2D eigenvalue weighted by Gasteiger charge is 2.36. The first-order valence-corrected chi connectivity index (χ1v) is 13.9. The van der Waals surface area contributed by atoms with E-state index in [9.17, 15) is 14.4 Å². The number of benzene rings is 3. The lowest BCUT2D eigenvalue weighted by Crippen LogP contribution is -2.53. The second kappa shape index (κ2) is 10.8. The molecule has 0 aliphatic carbocycles. The summed E-state index contributed by atoms with van der Waals surface area (Å²) in [6.45, 7) is 0.102. The van der Waals surface area contributed by atoms with Gasteiger partial charge in [-0.2, -0.15) is 0 Å². The lowest BCUT2D eigenvalue weighted by Gasteiger charge is -2.25. The Morgan fingerprint density at radius 2 is 1.68 bits per heavy atom. The van der Waals surface area contributed by atoms with E-state index in [0.717, 1.165) is 26.4 Å². The topological polar surface area (TPSA) is 103 Å². The predicted octanol–water partition coefficient (Wildman–Crippen LogP) is 4.47. The van der Waals surface area contributed by atoms with Crippen LogP contribution in [0.5, 0.6) is 0 Å². The Morgan fingerprint density at radius 3 is 2.48 bits per heavy atom. The Labute approximate surface area is 239 Å². The number of nitrogens with one attached hydrogen (secondary N) is 3. The number of hydrogen-bond donors (Lipinski definition) is 3. The number of pyridine rings is 1. The molecule has 0 spiro atoms. The normalized spacial score (nSPS) is 13.3. The molecule has 2 aromatic heterocycles. The van der Waals surface area contributed by atoms with E-state index >= 15 is 0 Å². The van der Waals surface area contributed by atoms with Gasteiger partial charge in [0.1, 0.15) is 0 Å². The second-order valence-corrected chi connectivity index (χ2v) is 10.7.